The van der Waals surface area contributed by atoms with Crippen molar-refractivity contribution in [3.63, 3.8) is 0 Å². The molecule has 36 heavy (non-hydrogen) atoms. The van der Waals surface area contributed by atoms with Gasteiger partial charge in [0.15, 0.2) is 11.6 Å². The third kappa shape index (κ3) is 7.19. The molecule has 0 bridgehead atoms. The Labute approximate surface area is 214 Å². The molecular weight excluding hydrogens is 451 g/mol. The Morgan fingerprint density at radius 2 is 1.50 bits per heavy atom. The first-order valence-electron chi connectivity index (χ1n) is 12.7. The van der Waals surface area contributed by atoms with Crippen molar-refractivity contribution in [1.82, 2.24) is 0 Å². The second kappa shape index (κ2) is 13.2. The number of carbonyl (C=O) groups excluding carboxylic acids is 1. The zero-order valence-electron chi connectivity index (χ0n) is 20.7. The first-order valence-corrected chi connectivity index (χ1v) is 12.7. The Kier molecular flexibility index (Phi) is 9.54. The molecule has 4 heteroatoms. The summed E-state index contributed by atoms with van der Waals surface area (Å²) in [5.41, 5.74) is 3.01. The Balaban J connectivity index is 1.31. The van der Waals surface area contributed by atoms with Gasteiger partial charge in [-0.1, -0.05) is 69.4 Å². The van der Waals surface area contributed by atoms with E-state index in [-0.39, 0.29) is 11.6 Å². The molecule has 3 aromatic carbocycles. The van der Waals surface area contributed by atoms with Crippen molar-refractivity contribution < 1.29 is 18.7 Å². The van der Waals surface area contributed by atoms with Crippen LogP contribution in [0.25, 0.3) is 11.1 Å². The average molecular weight is 484 g/mol. The molecule has 0 unspecified atom stereocenters. The van der Waals surface area contributed by atoms with Crippen LogP contribution in [0.5, 0.6) is 11.5 Å². The van der Waals surface area contributed by atoms with Crippen LogP contribution < -0.4 is 9.47 Å². The average Bonchev–Trinajstić information content (AvgIpc) is 3.45. The van der Waals surface area contributed by atoms with E-state index in [1.165, 1.54) is 31.7 Å². The van der Waals surface area contributed by atoms with Gasteiger partial charge in [-0.15, -0.1) is 0 Å². The topological polar surface area (TPSA) is 35.5 Å². The van der Waals surface area contributed by atoms with Gasteiger partial charge >= 0.3 is 5.97 Å². The molecule has 3 aromatic rings. The summed E-state index contributed by atoms with van der Waals surface area (Å²) in [5, 5.41) is 0. The Morgan fingerprint density at radius 3 is 2.25 bits per heavy atom. The molecule has 0 N–H and O–H groups in total. The van der Waals surface area contributed by atoms with Crippen molar-refractivity contribution in [2.45, 2.75) is 45.4 Å². The minimum Gasteiger partial charge on any atom is -0.491 e. The lowest BCUT2D eigenvalue weighted by molar-refractivity contribution is 0.0734. The highest BCUT2D eigenvalue weighted by molar-refractivity contribution is 5.91. The molecular formula is C32H32FO3. The van der Waals surface area contributed by atoms with Gasteiger partial charge in [-0.2, -0.15) is 0 Å². The van der Waals surface area contributed by atoms with E-state index in [2.05, 4.69) is 6.92 Å². The summed E-state index contributed by atoms with van der Waals surface area (Å²) in [7, 11) is 0. The van der Waals surface area contributed by atoms with E-state index in [4.69, 9.17) is 9.47 Å². The summed E-state index contributed by atoms with van der Waals surface area (Å²) in [6.07, 6.45) is 14.9. The van der Waals surface area contributed by atoms with E-state index in [0.29, 0.717) is 17.9 Å². The molecule has 3 nitrogen and oxygen atoms in total. The lowest BCUT2D eigenvalue weighted by atomic mass is 9.96. The predicted octanol–water partition coefficient (Wildman–Crippen LogP) is 8.20. The minimum absolute atomic E-state index is 0.279. The first-order chi connectivity index (χ1) is 17.6. The second-order valence-electron chi connectivity index (χ2n) is 8.93. The van der Waals surface area contributed by atoms with Gasteiger partial charge in [0.2, 0.25) is 0 Å². The molecule has 185 valence electrons. The Hall–Kier alpha value is -3.14. The molecule has 0 spiro atoms. The summed E-state index contributed by atoms with van der Waals surface area (Å²) in [4.78, 5) is 12.7. The molecule has 0 amide bonds. The molecule has 5 radical (unpaired) electrons. The minimum atomic E-state index is -0.422. The number of hydrogen-bond donors (Lipinski definition) is 0. The number of esters is 1. The number of hydrogen-bond acceptors (Lipinski definition) is 3. The van der Waals surface area contributed by atoms with Gasteiger partial charge in [0.25, 0.3) is 0 Å². The van der Waals surface area contributed by atoms with Crippen LogP contribution in [0.1, 0.15) is 61.4 Å². The van der Waals surface area contributed by atoms with Crippen LogP contribution >= 0.6 is 0 Å². The van der Waals surface area contributed by atoms with E-state index in [1.54, 1.807) is 24.3 Å². The van der Waals surface area contributed by atoms with Crippen LogP contribution in [-0.2, 0) is 0 Å². The smallest absolute Gasteiger partial charge is 0.343 e. The molecule has 0 aliphatic heterocycles. The number of benzene rings is 3. The van der Waals surface area contributed by atoms with E-state index < -0.39 is 5.97 Å². The van der Waals surface area contributed by atoms with Gasteiger partial charge in [-0.3, -0.25) is 0 Å². The van der Waals surface area contributed by atoms with E-state index >= 15 is 0 Å². The highest BCUT2D eigenvalue weighted by Gasteiger charge is 2.20. The SMILES string of the molecule is CCCCCCCCOc1ccc(-c2ccc(OC(=O)c3cccc([C]4[CH][CH][CH][CH]4)c3)cc2)cc1F. The van der Waals surface area contributed by atoms with Crippen molar-refractivity contribution in [1.29, 1.82) is 0 Å². The van der Waals surface area contributed by atoms with Crippen molar-refractivity contribution in [2.75, 3.05) is 6.61 Å². The highest BCUT2D eigenvalue weighted by Crippen LogP contribution is 2.31. The molecule has 0 saturated heterocycles. The molecule has 0 heterocycles. The third-order valence-electron chi connectivity index (χ3n) is 6.18. The Bertz CT molecular complexity index is 1120. The van der Waals surface area contributed by atoms with Crippen molar-refractivity contribution in [2.24, 2.45) is 0 Å². The molecule has 0 aromatic heterocycles. The fourth-order valence-corrected chi connectivity index (χ4v) is 4.14. The quantitative estimate of drug-likeness (QED) is 0.148. The number of rotatable bonds is 12. The molecule has 0 atom stereocenters. The molecule has 1 aliphatic carbocycles. The fourth-order valence-electron chi connectivity index (χ4n) is 4.14. The molecule has 1 aliphatic rings. The zero-order chi connectivity index (χ0) is 25.2. The number of ether oxygens (including phenoxy) is 2. The van der Waals surface area contributed by atoms with Crippen LogP contribution in [0.4, 0.5) is 4.39 Å². The van der Waals surface area contributed by atoms with Crippen molar-refractivity contribution >= 4 is 5.97 Å². The number of unbranched alkanes of at least 4 members (excludes halogenated alkanes) is 5. The fraction of sp³-hybridized carbons (Fsp3) is 0.250. The monoisotopic (exact) mass is 483 g/mol. The van der Waals surface area contributed by atoms with Crippen LogP contribution in [0.15, 0.2) is 66.7 Å². The molecule has 4 rings (SSSR count). The van der Waals surface area contributed by atoms with Gasteiger partial charge in [0.1, 0.15) is 5.75 Å². The van der Waals surface area contributed by atoms with Gasteiger partial charge < -0.3 is 9.47 Å². The third-order valence-corrected chi connectivity index (χ3v) is 6.18. The second-order valence-corrected chi connectivity index (χ2v) is 8.93. The van der Waals surface area contributed by atoms with Gasteiger partial charge in [-0.25, -0.2) is 9.18 Å². The van der Waals surface area contributed by atoms with Crippen LogP contribution in [-0.4, -0.2) is 12.6 Å². The van der Waals surface area contributed by atoms with Crippen LogP contribution in [0, 0.1) is 37.4 Å². The van der Waals surface area contributed by atoms with Crippen LogP contribution in [0.3, 0.4) is 0 Å². The zero-order valence-corrected chi connectivity index (χ0v) is 20.7. The largest absolute Gasteiger partial charge is 0.491 e. The maximum absolute atomic E-state index is 14.6. The lowest BCUT2D eigenvalue weighted by Gasteiger charge is -2.11. The van der Waals surface area contributed by atoms with Crippen molar-refractivity contribution in [3.05, 3.63) is 115 Å². The van der Waals surface area contributed by atoms with Gasteiger partial charge in [0, 0.05) is 5.92 Å². The standard InChI is InChI=1S/C32H32FO3/c1-2-3-4-5-6-9-21-35-31-20-17-27(23-30(31)33)25-15-18-29(19-16-25)36-32(34)28-14-10-13-26(22-28)24-11-7-8-12-24/h7-8,10-20,22-23H,2-6,9,21H2,1H3. The van der Waals surface area contributed by atoms with Crippen molar-refractivity contribution in [3.8, 4) is 22.6 Å². The molecule has 1 fully saturated rings. The summed E-state index contributed by atoms with van der Waals surface area (Å²) >= 11 is 0. The number of carbonyl (C=O) groups is 1. The summed E-state index contributed by atoms with van der Waals surface area (Å²) in [5.74, 6) is 0.969. The van der Waals surface area contributed by atoms with E-state index in [0.717, 1.165) is 35.4 Å². The van der Waals surface area contributed by atoms with Crippen LogP contribution in [0.2, 0.25) is 0 Å². The summed E-state index contributed by atoms with van der Waals surface area (Å²) in [6.45, 7) is 2.73. The summed E-state index contributed by atoms with van der Waals surface area (Å²) < 4.78 is 25.8. The van der Waals surface area contributed by atoms with Gasteiger partial charge in [0.05, 0.1) is 12.2 Å². The van der Waals surface area contributed by atoms with E-state index in [9.17, 15) is 9.18 Å². The summed E-state index contributed by atoms with van der Waals surface area (Å²) in [6, 6.07) is 19.4. The Morgan fingerprint density at radius 1 is 0.778 bits per heavy atom. The number of halogens is 1. The lowest BCUT2D eigenvalue weighted by Crippen LogP contribution is -2.09. The van der Waals surface area contributed by atoms with Gasteiger partial charge in [-0.05, 0) is 85.2 Å². The maximum atomic E-state index is 14.6. The normalized spacial score (nSPS) is 13.6. The maximum Gasteiger partial charge on any atom is 0.343 e. The molecule has 1 saturated carbocycles. The predicted molar refractivity (Wildman–Crippen MR) is 142 cm³/mol. The highest BCUT2D eigenvalue weighted by atomic mass is 19.1. The van der Waals surface area contributed by atoms with E-state index in [1.807, 2.05) is 62.1 Å². The first kappa shape index (κ1) is 25.9.